The second-order valence-electron chi connectivity index (χ2n) is 0.816. The van der Waals surface area contributed by atoms with Crippen LogP contribution in [-0.2, 0) is 0 Å². The zero-order valence-corrected chi connectivity index (χ0v) is 5.98. The standard InChI is InChI=1S/C2H6O.C2H5.Mg/c1-2-3;1-2;/h3H,2H2,1H3;1H2,2H3;/q;;+2. The Morgan fingerprint density at radius 1 is 1.50 bits per heavy atom. The Morgan fingerprint density at radius 2 is 1.50 bits per heavy atom. The Labute approximate surface area is 52.2 Å². The quantitative estimate of drug-likeness (QED) is 0.441. The fraction of sp³-hybridized carbons (Fsp3) is 1.00. The highest BCUT2D eigenvalue weighted by Gasteiger charge is 2.13. The minimum absolute atomic E-state index is 0.250. The molecule has 7 radical (unpaired) electrons. The maximum atomic E-state index is 7.57. The van der Waals surface area contributed by atoms with Gasteiger partial charge in [-0.2, -0.15) is 0 Å². The van der Waals surface area contributed by atoms with E-state index < -0.39 is 0 Å². The SMILES string of the molecule is CCO.C[CH2][Mg+2]. The smallest absolute Gasteiger partial charge is 0.397 e. The van der Waals surface area contributed by atoms with Gasteiger partial charge in [-0.25, -0.2) is 0 Å². The first-order valence-electron chi connectivity index (χ1n) is 2.23. The highest BCUT2D eigenvalue weighted by atomic mass is 24.4. The summed E-state index contributed by atoms with van der Waals surface area (Å²) < 4.78 is 1.28. The zero-order chi connectivity index (χ0) is 5.41. The van der Waals surface area contributed by atoms with Crippen molar-refractivity contribution in [1.29, 1.82) is 0 Å². The van der Waals surface area contributed by atoms with E-state index in [9.17, 15) is 0 Å². The fourth-order valence-corrected chi connectivity index (χ4v) is 0. The molecule has 0 aliphatic carbocycles. The number of aliphatic hydroxyl groups is 1. The van der Waals surface area contributed by atoms with Gasteiger partial charge in [0.05, 0.1) is 0 Å². The van der Waals surface area contributed by atoms with Crippen LogP contribution in [0.4, 0.5) is 0 Å². The van der Waals surface area contributed by atoms with Gasteiger partial charge < -0.3 is 5.11 Å². The average Bonchev–Trinajstić information content (AvgIpc) is 1.39. The second-order valence-corrected chi connectivity index (χ2v) is 1.82. The van der Waals surface area contributed by atoms with Gasteiger partial charge in [-0.05, 0) is 6.92 Å². The van der Waals surface area contributed by atoms with Gasteiger partial charge >= 0.3 is 21.7 Å². The topological polar surface area (TPSA) is 20.2 Å². The van der Waals surface area contributed by atoms with Crippen molar-refractivity contribution in [2.45, 2.75) is 18.4 Å². The molecule has 0 rings (SSSR count). The summed E-state index contributed by atoms with van der Waals surface area (Å²) in [5.74, 6) is 0. The molecule has 2 heteroatoms. The summed E-state index contributed by atoms with van der Waals surface area (Å²) in [6.45, 7) is 4.07. The Balaban J connectivity index is 0. The van der Waals surface area contributed by atoms with Gasteiger partial charge in [-0.15, -0.1) is 0 Å². The van der Waals surface area contributed by atoms with Crippen LogP contribution >= 0.6 is 0 Å². The third-order valence-electron chi connectivity index (χ3n) is 0. The van der Waals surface area contributed by atoms with Gasteiger partial charge in [0.1, 0.15) is 0 Å². The average molecular weight is 99.4 g/mol. The molecule has 0 aromatic rings. The van der Waals surface area contributed by atoms with Crippen LogP contribution in [0.1, 0.15) is 13.8 Å². The lowest BCUT2D eigenvalue weighted by molar-refractivity contribution is 0.318. The van der Waals surface area contributed by atoms with Crippen molar-refractivity contribution >= 4 is 21.7 Å². The van der Waals surface area contributed by atoms with E-state index >= 15 is 0 Å². The maximum absolute atomic E-state index is 7.57. The van der Waals surface area contributed by atoms with Crippen LogP contribution in [0.25, 0.3) is 0 Å². The van der Waals surface area contributed by atoms with Gasteiger partial charge in [-0.1, -0.05) is 0 Å². The summed E-state index contributed by atoms with van der Waals surface area (Å²) >= 11 is 1.97. The van der Waals surface area contributed by atoms with E-state index in [4.69, 9.17) is 5.11 Å². The minimum atomic E-state index is 0.250. The monoisotopic (exact) mass is 99.1 g/mol. The Hall–Kier alpha value is 0.726. The van der Waals surface area contributed by atoms with Gasteiger partial charge in [0.25, 0.3) is 4.55 Å². The van der Waals surface area contributed by atoms with Crippen LogP contribution in [0.5, 0.6) is 0 Å². The van der Waals surface area contributed by atoms with Crippen LogP contribution < -0.4 is 0 Å². The molecule has 0 saturated heterocycles. The molecule has 1 nitrogen and oxygen atoms in total. The van der Waals surface area contributed by atoms with Crippen molar-refractivity contribution in [2.24, 2.45) is 0 Å². The van der Waals surface area contributed by atoms with Crippen LogP contribution in [0.15, 0.2) is 0 Å². The van der Waals surface area contributed by atoms with Crippen LogP contribution in [0, 0.1) is 0 Å². The van der Waals surface area contributed by atoms with E-state index in [0.717, 1.165) is 0 Å². The van der Waals surface area contributed by atoms with Gasteiger partial charge in [-0.3, -0.25) is 0 Å². The summed E-state index contributed by atoms with van der Waals surface area (Å²) in [6.07, 6.45) is 0. The highest BCUT2D eigenvalue weighted by Crippen LogP contribution is 1.49. The Kier molecular flexibility index (Phi) is 28.3. The lowest BCUT2D eigenvalue weighted by Crippen LogP contribution is -1.57. The molecule has 0 fully saturated rings. The summed E-state index contributed by atoms with van der Waals surface area (Å²) in [5, 5.41) is 7.57. The van der Waals surface area contributed by atoms with Crippen LogP contribution in [0.3, 0.4) is 0 Å². The van der Waals surface area contributed by atoms with Crippen LogP contribution in [0.2, 0.25) is 4.55 Å². The predicted octanol–water partition coefficient (Wildman–Crippen LogP) is 0.592. The Bertz CT molecular complexity index is 9.51. The predicted molar refractivity (Wildman–Crippen MR) is 29.0 cm³/mol. The van der Waals surface area contributed by atoms with Crippen molar-refractivity contribution in [3.63, 3.8) is 0 Å². The molecule has 0 aromatic carbocycles. The third-order valence-corrected chi connectivity index (χ3v) is 0. The number of rotatable bonds is 0. The van der Waals surface area contributed by atoms with E-state index in [1.54, 1.807) is 6.92 Å². The fourth-order valence-electron chi connectivity index (χ4n) is 0. The van der Waals surface area contributed by atoms with Crippen molar-refractivity contribution in [2.75, 3.05) is 6.61 Å². The first kappa shape index (κ1) is 9.87. The molecule has 0 heterocycles. The lowest BCUT2D eigenvalue weighted by Gasteiger charge is -1.52. The second kappa shape index (κ2) is 17.2. The van der Waals surface area contributed by atoms with Gasteiger partial charge in [0.15, 0.2) is 0 Å². The van der Waals surface area contributed by atoms with Gasteiger partial charge in [0.2, 0.25) is 0 Å². The first-order valence-corrected chi connectivity index (χ1v) is 3.23. The molecular weight excluding hydrogens is 88.3 g/mol. The molecule has 0 unspecified atom stereocenters. The molecule has 0 aliphatic rings. The molecule has 0 atom stereocenters. The van der Waals surface area contributed by atoms with Gasteiger partial charge in [0, 0.05) is 13.5 Å². The summed E-state index contributed by atoms with van der Waals surface area (Å²) in [6, 6.07) is 0. The first-order chi connectivity index (χ1) is 2.83. The number of hydrogen-bond donors (Lipinski definition) is 1. The number of hydrogen-bond acceptors (Lipinski definition) is 1. The highest BCUT2D eigenvalue weighted by molar-refractivity contribution is 6.08. The zero-order valence-electron chi connectivity index (χ0n) is 4.57. The van der Waals surface area contributed by atoms with E-state index in [2.05, 4.69) is 6.92 Å². The Morgan fingerprint density at radius 3 is 1.50 bits per heavy atom. The van der Waals surface area contributed by atoms with E-state index in [-0.39, 0.29) is 6.61 Å². The molecule has 0 spiro atoms. The van der Waals surface area contributed by atoms with E-state index in [1.165, 1.54) is 4.55 Å². The van der Waals surface area contributed by atoms with Crippen molar-refractivity contribution < 1.29 is 5.11 Å². The number of aliphatic hydroxyl groups excluding tert-OH is 1. The molecule has 1 N–H and O–H groups in total. The molecule has 0 aromatic heterocycles. The van der Waals surface area contributed by atoms with Crippen LogP contribution in [-0.4, -0.2) is 33.4 Å². The van der Waals surface area contributed by atoms with Crippen molar-refractivity contribution in [1.82, 2.24) is 0 Å². The maximum Gasteiger partial charge on any atom is 1.41 e. The molecule has 33 valence electrons. The third kappa shape index (κ3) is 124. The molecule has 6 heavy (non-hydrogen) atoms. The summed E-state index contributed by atoms with van der Waals surface area (Å²) in [4.78, 5) is 0. The minimum Gasteiger partial charge on any atom is -0.397 e. The lowest BCUT2D eigenvalue weighted by atomic mass is 10.9. The molecule has 0 saturated carbocycles. The van der Waals surface area contributed by atoms with Crippen molar-refractivity contribution in [3.8, 4) is 0 Å². The van der Waals surface area contributed by atoms with E-state index in [1.807, 2.05) is 21.7 Å². The summed E-state index contributed by atoms with van der Waals surface area (Å²) in [5.41, 5.74) is 0. The molecule has 0 aliphatic heterocycles. The molecular formula is C4H11MgO+2. The normalized spacial score (nSPS) is 6.00. The summed E-state index contributed by atoms with van der Waals surface area (Å²) in [7, 11) is 0. The van der Waals surface area contributed by atoms with E-state index in [0.29, 0.717) is 0 Å². The largest absolute Gasteiger partial charge is 1.41 e. The van der Waals surface area contributed by atoms with Crippen molar-refractivity contribution in [3.05, 3.63) is 0 Å². The molecule has 0 amide bonds. The molecule has 0 bridgehead atoms.